The molecule has 1 aromatic rings. The molecular weight excluding hydrogens is 236 g/mol. The van der Waals surface area contributed by atoms with Gasteiger partial charge in [-0.3, -0.25) is 4.79 Å². The van der Waals surface area contributed by atoms with E-state index >= 15 is 0 Å². The maximum atomic E-state index is 12.3. The number of carbonyl (C=O) groups is 1. The highest BCUT2D eigenvalue weighted by Crippen LogP contribution is 2.14. The number of rotatable bonds is 6. The second-order valence-electron chi connectivity index (χ2n) is 5.79. The van der Waals surface area contributed by atoms with Gasteiger partial charge in [-0.05, 0) is 43.9 Å². The molecule has 1 amide bonds. The van der Waals surface area contributed by atoms with Crippen LogP contribution in [0.4, 0.5) is 5.69 Å². The van der Waals surface area contributed by atoms with Gasteiger partial charge in [0.05, 0.1) is 0 Å². The van der Waals surface area contributed by atoms with Crippen LogP contribution in [0.3, 0.4) is 0 Å². The van der Waals surface area contributed by atoms with Crippen LogP contribution < -0.4 is 5.73 Å². The summed E-state index contributed by atoms with van der Waals surface area (Å²) in [6, 6.07) is 7.96. The fraction of sp³-hybridized carbons (Fsp3) is 0.562. The summed E-state index contributed by atoms with van der Waals surface area (Å²) in [5, 5.41) is 0. The molecule has 0 atom stereocenters. The van der Waals surface area contributed by atoms with E-state index in [0.29, 0.717) is 18.9 Å². The van der Waals surface area contributed by atoms with Gasteiger partial charge in [-0.15, -0.1) is 0 Å². The third-order valence-corrected chi connectivity index (χ3v) is 3.21. The summed E-state index contributed by atoms with van der Waals surface area (Å²) in [5.41, 5.74) is 7.56. The Kier molecular flexibility index (Phi) is 5.87. The number of nitrogen functional groups attached to an aromatic ring is 1. The zero-order chi connectivity index (χ0) is 14.4. The smallest absolute Gasteiger partial charge is 0.223 e. The lowest BCUT2D eigenvalue weighted by Crippen LogP contribution is -2.36. The fourth-order valence-corrected chi connectivity index (χ4v) is 1.93. The number of nitrogens with zero attached hydrogens (tertiary/aromatic N) is 1. The largest absolute Gasteiger partial charge is 0.399 e. The minimum absolute atomic E-state index is 0.220. The van der Waals surface area contributed by atoms with Gasteiger partial charge in [-0.25, -0.2) is 0 Å². The molecule has 1 rings (SSSR count). The molecule has 0 saturated heterocycles. The average Bonchev–Trinajstić information content (AvgIpc) is 2.34. The molecule has 19 heavy (non-hydrogen) atoms. The highest BCUT2D eigenvalue weighted by Gasteiger charge is 2.17. The molecule has 1 aromatic carbocycles. The molecule has 3 nitrogen and oxygen atoms in total. The van der Waals surface area contributed by atoms with Gasteiger partial charge in [0.2, 0.25) is 5.91 Å². The minimum Gasteiger partial charge on any atom is -0.399 e. The lowest BCUT2D eigenvalue weighted by atomic mass is 10.1. The first-order valence-electron chi connectivity index (χ1n) is 7.04. The van der Waals surface area contributed by atoms with Gasteiger partial charge in [0.1, 0.15) is 0 Å². The van der Waals surface area contributed by atoms with Crippen molar-refractivity contribution in [3.63, 3.8) is 0 Å². The zero-order valence-electron chi connectivity index (χ0n) is 12.5. The number of anilines is 1. The van der Waals surface area contributed by atoms with Crippen LogP contribution in [-0.4, -0.2) is 16.8 Å². The van der Waals surface area contributed by atoms with E-state index in [1.165, 1.54) is 0 Å². The quantitative estimate of drug-likeness (QED) is 0.798. The Balaban J connectivity index is 2.67. The molecule has 0 unspecified atom stereocenters. The average molecular weight is 262 g/mol. The highest BCUT2D eigenvalue weighted by molar-refractivity contribution is 5.76. The monoisotopic (exact) mass is 262 g/mol. The highest BCUT2D eigenvalue weighted by atomic mass is 16.2. The molecule has 2 N–H and O–H groups in total. The molecule has 0 spiro atoms. The normalized spacial score (nSPS) is 11.1. The Morgan fingerprint density at radius 3 is 2.21 bits per heavy atom. The van der Waals surface area contributed by atoms with Crippen LogP contribution in [0.1, 0.15) is 46.1 Å². The maximum Gasteiger partial charge on any atom is 0.223 e. The second kappa shape index (κ2) is 7.17. The lowest BCUT2D eigenvalue weighted by molar-refractivity contribution is -0.133. The van der Waals surface area contributed by atoms with Crippen molar-refractivity contribution in [2.75, 3.05) is 5.73 Å². The zero-order valence-corrected chi connectivity index (χ0v) is 12.5. The Morgan fingerprint density at radius 2 is 1.74 bits per heavy atom. The first-order valence-corrected chi connectivity index (χ1v) is 7.04. The molecule has 0 aliphatic rings. The first kappa shape index (κ1) is 15.5. The Morgan fingerprint density at radius 1 is 1.16 bits per heavy atom. The van der Waals surface area contributed by atoms with Gasteiger partial charge in [0.25, 0.3) is 0 Å². The maximum absolute atomic E-state index is 12.3. The van der Waals surface area contributed by atoms with E-state index in [2.05, 4.69) is 27.7 Å². The number of hydrogen-bond donors (Lipinski definition) is 1. The number of amides is 1. The van der Waals surface area contributed by atoms with Gasteiger partial charge < -0.3 is 10.6 Å². The van der Waals surface area contributed by atoms with Crippen molar-refractivity contribution in [1.29, 1.82) is 0 Å². The Bertz CT molecular complexity index is 396. The van der Waals surface area contributed by atoms with Crippen molar-refractivity contribution in [3.05, 3.63) is 29.8 Å². The van der Waals surface area contributed by atoms with Crippen molar-refractivity contribution >= 4 is 11.6 Å². The molecule has 0 aliphatic heterocycles. The predicted molar refractivity (Wildman–Crippen MR) is 80.6 cm³/mol. The first-order chi connectivity index (χ1) is 8.90. The Labute approximate surface area is 116 Å². The molecule has 106 valence electrons. The standard InChI is InChI=1S/C16H26N2O/c1-12(2)5-10-16(19)18(13(3)4)11-14-6-8-15(17)9-7-14/h6-9,12-13H,5,10-11,17H2,1-4H3. The van der Waals surface area contributed by atoms with Crippen molar-refractivity contribution in [2.45, 2.75) is 53.1 Å². The number of carbonyl (C=O) groups excluding carboxylic acids is 1. The number of benzene rings is 1. The molecule has 0 heterocycles. The van der Waals surface area contributed by atoms with E-state index in [1.54, 1.807) is 0 Å². The van der Waals surface area contributed by atoms with E-state index in [9.17, 15) is 4.79 Å². The van der Waals surface area contributed by atoms with Crippen LogP contribution in [0.5, 0.6) is 0 Å². The summed E-state index contributed by atoms with van der Waals surface area (Å²) in [5.74, 6) is 0.801. The van der Waals surface area contributed by atoms with Crippen LogP contribution in [0.25, 0.3) is 0 Å². The van der Waals surface area contributed by atoms with Gasteiger partial charge in [0, 0.05) is 24.7 Å². The van der Waals surface area contributed by atoms with Gasteiger partial charge >= 0.3 is 0 Å². The van der Waals surface area contributed by atoms with Crippen molar-refractivity contribution < 1.29 is 4.79 Å². The molecule has 0 aliphatic carbocycles. The molecule has 3 heteroatoms. The van der Waals surface area contributed by atoms with Gasteiger partial charge in [0.15, 0.2) is 0 Å². The summed E-state index contributed by atoms with van der Waals surface area (Å²) in [6.45, 7) is 9.07. The predicted octanol–water partition coefficient (Wildman–Crippen LogP) is 3.44. The number of nitrogens with two attached hydrogens (primary N) is 1. The van der Waals surface area contributed by atoms with Crippen LogP contribution in [0.2, 0.25) is 0 Å². The molecular formula is C16H26N2O. The van der Waals surface area contributed by atoms with E-state index in [1.807, 2.05) is 29.2 Å². The van der Waals surface area contributed by atoms with Gasteiger partial charge in [-0.1, -0.05) is 26.0 Å². The molecule has 0 saturated carbocycles. The topological polar surface area (TPSA) is 46.3 Å². The van der Waals surface area contributed by atoms with Gasteiger partial charge in [-0.2, -0.15) is 0 Å². The minimum atomic E-state index is 0.220. The van der Waals surface area contributed by atoms with Crippen molar-refractivity contribution in [3.8, 4) is 0 Å². The molecule has 0 radical (unpaired) electrons. The van der Waals surface area contributed by atoms with Crippen LogP contribution in [-0.2, 0) is 11.3 Å². The lowest BCUT2D eigenvalue weighted by Gasteiger charge is -2.27. The van der Waals surface area contributed by atoms with Crippen molar-refractivity contribution in [1.82, 2.24) is 4.90 Å². The molecule has 0 fully saturated rings. The van der Waals surface area contributed by atoms with Crippen molar-refractivity contribution in [2.24, 2.45) is 5.92 Å². The summed E-state index contributed by atoms with van der Waals surface area (Å²) >= 11 is 0. The van der Waals surface area contributed by atoms with Crippen LogP contribution in [0, 0.1) is 5.92 Å². The Hall–Kier alpha value is -1.51. The fourth-order valence-electron chi connectivity index (χ4n) is 1.93. The van der Waals surface area contributed by atoms with E-state index in [4.69, 9.17) is 5.73 Å². The summed E-state index contributed by atoms with van der Waals surface area (Å²) < 4.78 is 0. The van der Waals surface area contributed by atoms with Crippen LogP contribution >= 0.6 is 0 Å². The third-order valence-electron chi connectivity index (χ3n) is 3.21. The summed E-state index contributed by atoms with van der Waals surface area (Å²) in [7, 11) is 0. The van der Waals surface area contributed by atoms with E-state index < -0.39 is 0 Å². The van der Waals surface area contributed by atoms with Crippen LogP contribution in [0.15, 0.2) is 24.3 Å². The second-order valence-corrected chi connectivity index (χ2v) is 5.79. The SMILES string of the molecule is CC(C)CCC(=O)N(Cc1ccc(N)cc1)C(C)C. The molecule has 0 bridgehead atoms. The van der Waals surface area contributed by atoms with E-state index in [-0.39, 0.29) is 11.9 Å². The number of hydrogen-bond acceptors (Lipinski definition) is 2. The molecule has 0 aromatic heterocycles. The van der Waals surface area contributed by atoms with E-state index in [0.717, 1.165) is 17.7 Å². The summed E-state index contributed by atoms with van der Waals surface area (Å²) in [4.78, 5) is 14.2. The summed E-state index contributed by atoms with van der Waals surface area (Å²) in [6.07, 6.45) is 1.58. The third kappa shape index (κ3) is 5.33.